The highest BCUT2D eigenvalue weighted by Crippen LogP contribution is 2.63. The van der Waals surface area contributed by atoms with Crippen LogP contribution in [0.4, 0.5) is 22.0 Å². The highest BCUT2D eigenvalue weighted by atomic mass is 32.2. The quantitative estimate of drug-likeness (QED) is 0.382. The summed E-state index contributed by atoms with van der Waals surface area (Å²) in [4.78, 5) is 0. The van der Waals surface area contributed by atoms with Gasteiger partial charge in [-0.05, 0) is 50.4 Å². The molecule has 0 amide bonds. The first-order valence-corrected chi connectivity index (χ1v) is 9.92. The molecule has 3 nitrogen and oxygen atoms in total. The summed E-state index contributed by atoms with van der Waals surface area (Å²) in [5.74, 6) is -2.10. The molecule has 0 aromatic heterocycles. The Kier molecular flexibility index (Phi) is 4.50. The number of allylic oxidation sites excluding steroid dienone is 1. The molecular formula is C16H21F5O3S. The van der Waals surface area contributed by atoms with E-state index < -0.39 is 38.3 Å². The second-order valence-corrected chi connectivity index (χ2v) is 9.26. The Hall–Kier alpha value is -0.700. The van der Waals surface area contributed by atoms with Gasteiger partial charge in [0.25, 0.3) is 0 Å². The molecule has 2 fully saturated rings. The van der Waals surface area contributed by atoms with Crippen molar-refractivity contribution in [3.63, 3.8) is 0 Å². The average Bonchev–Trinajstić information content (AvgIpc) is 2.52. The predicted molar refractivity (Wildman–Crippen MR) is 80.1 cm³/mol. The monoisotopic (exact) mass is 388 g/mol. The second kappa shape index (κ2) is 5.90. The summed E-state index contributed by atoms with van der Waals surface area (Å²) >= 11 is 0. The van der Waals surface area contributed by atoms with Crippen molar-refractivity contribution in [2.75, 3.05) is 0 Å². The first kappa shape index (κ1) is 19.1. The van der Waals surface area contributed by atoms with Crippen LogP contribution in [0.1, 0.15) is 58.3 Å². The van der Waals surface area contributed by atoms with E-state index >= 15 is 0 Å². The maximum absolute atomic E-state index is 14.9. The Balaban J connectivity index is 1.91. The van der Waals surface area contributed by atoms with Crippen LogP contribution in [0.5, 0.6) is 0 Å². The van der Waals surface area contributed by atoms with E-state index in [2.05, 4.69) is 11.1 Å². The number of hydrogen-bond acceptors (Lipinski definition) is 3. The van der Waals surface area contributed by atoms with Gasteiger partial charge in [0, 0.05) is 5.41 Å². The summed E-state index contributed by atoms with van der Waals surface area (Å²) in [5, 5.41) is 0. The van der Waals surface area contributed by atoms with Crippen molar-refractivity contribution in [2.45, 2.75) is 69.4 Å². The zero-order valence-corrected chi connectivity index (χ0v) is 14.7. The first-order chi connectivity index (χ1) is 11.4. The SMILES string of the molecule is CC1CCC(C23CCC(OS(=O)(=O)C(F)(F)F)(CC2)C(F)=C3F)CC1. The Morgan fingerprint density at radius 3 is 1.96 bits per heavy atom. The van der Waals surface area contributed by atoms with Gasteiger partial charge in [0.05, 0.1) is 0 Å². The van der Waals surface area contributed by atoms with Crippen LogP contribution in [-0.2, 0) is 14.3 Å². The Morgan fingerprint density at radius 1 is 0.960 bits per heavy atom. The molecular weight excluding hydrogens is 367 g/mol. The van der Waals surface area contributed by atoms with E-state index in [0.717, 1.165) is 25.7 Å². The minimum absolute atomic E-state index is 0.0630. The molecule has 0 spiro atoms. The first-order valence-electron chi connectivity index (χ1n) is 8.52. The number of halogens is 5. The number of fused-ring (bicyclic) bond motifs is 2. The van der Waals surface area contributed by atoms with E-state index in [1.807, 2.05) is 0 Å². The van der Waals surface area contributed by atoms with Crippen molar-refractivity contribution in [2.24, 2.45) is 17.3 Å². The molecule has 0 heterocycles. The van der Waals surface area contributed by atoms with E-state index in [4.69, 9.17) is 0 Å². The van der Waals surface area contributed by atoms with Gasteiger partial charge in [-0.3, -0.25) is 0 Å². The predicted octanol–water partition coefficient (Wildman–Crippen LogP) is 5.14. The maximum atomic E-state index is 14.9. The summed E-state index contributed by atoms with van der Waals surface area (Å²) < 4.78 is 94.2. The van der Waals surface area contributed by atoms with Gasteiger partial charge in [-0.25, -0.2) is 13.0 Å². The van der Waals surface area contributed by atoms with Crippen molar-refractivity contribution >= 4 is 10.1 Å². The van der Waals surface area contributed by atoms with Crippen molar-refractivity contribution in [3.05, 3.63) is 11.7 Å². The molecule has 0 unspecified atom stereocenters. The summed E-state index contributed by atoms with van der Waals surface area (Å²) in [5.41, 5.74) is -9.02. The van der Waals surface area contributed by atoms with E-state index in [-0.39, 0.29) is 31.6 Å². The highest BCUT2D eigenvalue weighted by molar-refractivity contribution is 7.87. The van der Waals surface area contributed by atoms with Gasteiger partial charge >= 0.3 is 15.6 Å². The zero-order chi connectivity index (χ0) is 18.7. The molecule has 25 heavy (non-hydrogen) atoms. The minimum Gasteiger partial charge on any atom is -0.249 e. The van der Waals surface area contributed by atoms with E-state index in [0.29, 0.717) is 5.92 Å². The Bertz CT molecular complexity index is 666. The summed E-state index contributed by atoms with van der Waals surface area (Å²) in [6.45, 7) is 2.10. The van der Waals surface area contributed by atoms with Gasteiger partial charge in [0.1, 0.15) is 11.4 Å². The zero-order valence-electron chi connectivity index (χ0n) is 13.8. The number of hydrogen-bond donors (Lipinski definition) is 0. The Labute approximate surface area is 143 Å². The van der Waals surface area contributed by atoms with E-state index in [9.17, 15) is 30.4 Å². The number of rotatable bonds is 3. The molecule has 4 rings (SSSR count). The van der Waals surface area contributed by atoms with Crippen molar-refractivity contribution in [1.82, 2.24) is 0 Å². The standard InChI is InChI=1S/C16H21F5O3S/c1-10-2-4-11(5-3-10)14-6-8-15(9-7-14,13(18)12(14)17)24-25(22,23)16(19,20)21/h10-11H,2-9H2,1H3. The molecule has 0 N–H and O–H groups in total. The topological polar surface area (TPSA) is 43.4 Å². The molecule has 0 atom stereocenters. The molecule has 0 aliphatic heterocycles. The lowest BCUT2D eigenvalue weighted by atomic mass is 9.54. The van der Waals surface area contributed by atoms with Gasteiger partial charge in [-0.1, -0.05) is 19.8 Å². The second-order valence-electron chi connectivity index (χ2n) is 7.72. The largest absolute Gasteiger partial charge is 0.523 e. The third kappa shape index (κ3) is 2.91. The van der Waals surface area contributed by atoms with Gasteiger partial charge in [0.2, 0.25) is 0 Å². The van der Waals surface area contributed by atoms with Crippen molar-refractivity contribution in [3.8, 4) is 0 Å². The Morgan fingerprint density at radius 2 is 1.48 bits per heavy atom. The lowest BCUT2D eigenvalue weighted by Crippen LogP contribution is -2.53. The van der Waals surface area contributed by atoms with Gasteiger partial charge < -0.3 is 0 Å². The third-order valence-corrected chi connectivity index (χ3v) is 7.44. The van der Waals surface area contributed by atoms with Crippen molar-refractivity contribution < 1.29 is 34.6 Å². The molecule has 0 saturated heterocycles. The molecule has 2 saturated carbocycles. The molecule has 9 heteroatoms. The molecule has 0 aromatic carbocycles. The molecule has 4 aliphatic rings. The smallest absolute Gasteiger partial charge is 0.249 e. The third-order valence-electron chi connectivity index (χ3n) is 6.33. The fraction of sp³-hybridized carbons (Fsp3) is 0.875. The molecule has 0 radical (unpaired) electrons. The number of alkyl halides is 3. The summed E-state index contributed by atoms with van der Waals surface area (Å²) in [6.07, 6.45) is 3.02. The van der Waals surface area contributed by atoms with Crippen LogP contribution in [0.15, 0.2) is 11.7 Å². The molecule has 2 bridgehead atoms. The summed E-state index contributed by atoms with van der Waals surface area (Å²) in [7, 11) is -5.99. The van der Waals surface area contributed by atoms with Crippen LogP contribution in [0.25, 0.3) is 0 Å². The van der Waals surface area contributed by atoms with Crippen LogP contribution in [-0.4, -0.2) is 19.5 Å². The molecule has 144 valence electrons. The van der Waals surface area contributed by atoms with Crippen LogP contribution in [0, 0.1) is 17.3 Å². The van der Waals surface area contributed by atoms with Gasteiger partial charge in [-0.15, -0.1) is 0 Å². The van der Waals surface area contributed by atoms with Crippen molar-refractivity contribution in [1.29, 1.82) is 0 Å². The van der Waals surface area contributed by atoms with E-state index in [1.165, 1.54) is 0 Å². The lowest BCUT2D eigenvalue weighted by molar-refractivity contribution is -0.0878. The molecule has 4 aliphatic carbocycles. The van der Waals surface area contributed by atoms with Crippen LogP contribution < -0.4 is 0 Å². The fourth-order valence-corrected chi connectivity index (χ4v) is 5.49. The normalized spacial score (nSPS) is 39.8. The average molecular weight is 388 g/mol. The lowest BCUT2D eigenvalue weighted by Gasteiger charge is -2.53. The van der Waals surface area contributed by atoms with Crippen LogP contribution in [0.3, 0.4) is 0 Å². The van der Waals surface area contributed by atoms with Crippen LogP contribution >= 0.6 is 0 Å². The minimum atomic E-state index is -5.99. The summed E-state index contributed by atoms with van der Waals surface area (Å²) in [6, 6.07) is 0. The highest BCUT2D eigenvalue weighted by Gasteiger charge is 2.63. The van der Waals surface area contributed by atoms with Crippen LogP contribution in [0.2, 0.25) is 0 Å². The van der Waals surface area contributed by atoms with Gasteiger partial charge in [0.15, 0.2) is 5.83 Å². The molecule has 0 aromatic rings. The van der Waals surface area contributed by atoms with Gasteiger partial charge in [-0.2, -0.15) is 21.6 Å². The maximum Gasteiger partial charge on any atom is 0.523 e. The van der Waals surface area contributed by atoms with E-state index in [1.54, 1.807) is 0 Å². The fourth-order valence-electron chi connectivity index (χ4n) is 4.73.